The smallest absolute Gasteiger partial charge is 0.228 e. The standard InChI is InChI=1S/C23H20N2O3S/c1-14-11-15(7-10-20(14)28-2)12-22(27)24-16-8-9-17(19(26)13-16)23-25-18-5-3-4-6-21(18)29-23/h3-11,13,26H,12H2,1-2H3,(H,24,27). The predicted molar refractivity (Wildman–Crippen MR) is 117 cm³/mol. The van der Waals surface area contributed by atoms with Crippen LogP contribution in [0.4, 0.5) is 5.69 Å². The van der Waals surface area contributed by atoms with Crippen LogP contribution in [0.15, 0.2) is 60.7 Å². The van der Waals surface area contributed by atoms with E-state index < -0.39 is 0 Å². The fourth-order valence-corrected chi connectivity index (χ4v) is 4.22. The third kappa shape index (κ3) is 4.07. The molecule has 6 heteroatoms. The molecule has 1 aromatic heterocycles. The van der Waals surface area contributed by atoms with Gasteiger partial charge in [0.15, 0.2) is 0 Å². The van der Waals surface area contributed by atoms with E-state index in [-0.39, 0.29) is 18.1 Å². The van der Waals surface area contributed by atoms with E-state index in [1.54, 1.807) is 25.3 Å². The molecule has 1 heterocycles. The molecular formula is C23H20N2O3S. The van der Waals surface area contributed by atoms with Crippen LogP contribution in [0.2, 0.25) is 0 Å². The first-order chi connectivity index (χ1) is 14.0. The van der Waals surface area contributed by atoms with E-state index in [2.05, 4.69) is 10.3 Å². The number of rotatable bonds is 5. The molecule has 0 radical (unpaired) electrons. The van der Waals surface area contributed by atoms with Crippen LogP contribution < -0.4 is 10.1 Å². The lowest BCUT2D eigenvalue weighted by atomic mass is 10.1. The number of aromatic hydroxyl groups is 1. The van der Waals surface area contributed by atoms with Crippen molar-refractivity contribution in [3.05, 3.63) is 71.8 Å². The van der Waals surface area contributed by atoms with Crippen molar-refractivity contribution in [2.24, 2.45) is 0 Å². The Bertz CT molecular complexity index is 1170. The second-order valence-electron chi connectivity index (χ2n) is 6.75. The molecular weight excluding hydrogens is 384 g/mol. The largest absolute Gasteiger partial charge is 0.507 e. The van der Waals surface area contributed by atoms with Crippen molar-refractivity contribution in [2.45, 2.75) is 13.3 Å². The van der Waals surface area contributed by atoms with Gasteiger partial charge in [-0.25, -0.2) is 4.98 Å². The number of methoxy groups -OCH3 is 1. The van der Waals surface area contributed by atoms with Crippen LogP contribution in [0.25, 0.3) is 20.8 Å². The van der Waals surface area contributed by atoms with Gasteiger partial charge in [-0.2, -0.15) is 0 Å². The number of carbonyl (C=O) groups excluding carboxylic acids is 1. The molecule has 0 aliphatic rings. The second-order valence-corrected chi connectivity index (χ2v) is 7.78. The Balaban J connectivity index is 1.49. The predicted octanol–water partition coefficient (Wildman–Crippen LogP) is 5.17. The lowest BCUT2D eigenvalue weighted by Gasteiger charge is -2.09. The van der Waals surface area contributed by atoms with Crippen molar-refractivity contribution in [1.82, 2.24) is 4.98 Å². The van der Waals surface area contributed by atoms with Crippen LogP contribution in [-0.2, 0) is 11.2 Å². The maximum Gasteiger partial charge on any atom is 0.228 e. The Hall–Kier alpha value is -3.38. The molecule has 4 aromatic rings. The van der Waals surface area contributed by atoms with E-state index in [1.807, 2.05) is 49.4 Å². The number of phenols is 1. The number of nitrogens with zero attached hydrogens (tertiary/aromatic N) is 1. The molecule has 0 unspecified atom stereocenters. The first-order valence-electron chi connectivity index (χ1n) is 9.16. The maximum atomic E-state index is 12.4. The number of hydrogen-bond acceptors (Lipinski definition) is 5. The number of para-hydroxylation sites is 1. The summed E-state index contributed by atoms with van der Waals surface area (Å²) in [6, 6.07) is 18.6. The van der Waals surface area contributed by atoms with Gasteiger partial charge in [0.2, 0.25) is 5.91 Å². The van der Waals surface area contributed by atoms with Gasteiger partial charge in [0.25, 0.3) is 0 Å². The van der Waals surface area contributed by atoms with Crippen molar-refractivity contribution in [3.8, 4) is 22.1 Å². The van der Waals surface area contributed by atoms with E-state index >= 15 is 0 Å². The van der Waals surface area contributed by atoms with Gasteiger partial charge in [0.05, 0.1) is 29.3 Å². The van der Waals surface area contributed by atoms with Crippen LogP contribution in [0, 0.1) is 6.92 Å². The maximum absolute atomic E-state index is 12.4. The van der Waals surface area contributed by atoms with E-state index in [0.717, 1.165) is 32.1 Å². The topological polar surface area (TPSA) is 71.5 Å². The Morgan fingerprint density at radius 3 is 2.69 bits per heavy atom. The number of aryl methyl sites for hydroxylation is 1. The highest BCUT2D eigenvalue weighted by molar-refractivity contribution is 7.21. The van der Waals surface area contributed by atoms with Crippen molar-refractivity contribution in [3.63, 3.8) is 0 Å². The fraction of sp³-hybridized carbons (Fsp3) is 0.130. The van der Waals surface area contributed by atoms with Crippen LogP contribution >= 0.6 is 11.3 Å². The van der Waals surface area contributed by atoms with Gasteiger partial charge in [-0.05, 0) is 48.4 Å². The van der Waals surface area contributed by atoms with E-state index in [0.29, 0.717) is 11.3 Å². The summed E-state index contributed by atoms with van der Waals surface area (Å²) in [6.07, 6.45) is 0.241. The number of benzene rings is 3. The first-order valence-corrected chi connectivity index (χ1v) is 9.97. The number of hydrogen-bond donors (Lipinski definition) is 2. The Morgan fingerprint density at radius 2 is 1.97 bits per heavy atom. The normalized spacial score (nSPS) is 10.8. The van der Waals surface area contributed by atoms with Crippen molar-refractivity contribution < 1.29 is 14.6 Å². The van der Waals surface area contributed by atoms with Gasteiger partial charge in [0.1, 0.15) is 16.5 Å². The zero-order valence-electron chi connectivity index (χ0n) is 16.1. The molecule has 5 nitrogen and oxygen atoms in total. The summed E-state index contributed by atoms with van der Waals surface area (Å²) in [5.74, 6) is 0.730. The fourth-order valence-electron chi connectivity index (χ4n) is 3.22. The van der Waals surface area contributed by atoms with Crippen LogP contribution in [0.1, 0.15) is 11.1 Å². The quantitative estimate of drug-likeness (QED) is 0.482. The van der Waals surface area contributed by atoms with Crippen molar-refractivity contribution >= 4 is 33.1 Å². The van der Waals surface area contributed by atoms with E-state index in [1.165, 1.54) is 11.3 Å². The van der Waals surface area contributed by atoms with Crippen LogP contribution in [0.5, 0.6) is 11.5 Å². The monoisotopic (exact) mass is 404 g/mol. The molecule has 0 bridgehead atoms. The van der Waals surface area contributed by atoms with Crippen LogP contribution in [0.3, 0.4) is 0 Å². The number of anilines is 1. The number of fused-ring (bicyclic) bond motifs is 1. The SMILES string of the molecule is COc1ccc(CC(=O)Nc2ccc(-c3nc4ccccc4s3)c(O)c2)cc1C. The van der Waals surface area contributed by atoms with Crippen molar-refractivity contribution in [2.75, 3.05) is 12.4 Å². The molecule has 0 saturated carbocycles. The average Bonchev–Trinajstić information content (AvgIpc) is 3.12. The summed E-state index contributed by atoms with van der Waals surface area (Å²) in [7, 11) is 1.62. The number of amides is 1. The Kier molecular flexibility index (Phi) is 5.18. The second kappa shape index (κ2) is 7.93. The summed E-state index contributed by atoms with van der Waals surface area (Å²) >= 11 is 1.52. The number of carbonyl (C=O) groups is 1. The third-order valence-corrected chi connectivity index (χ3v) is 5.70. The number of ether oxygens (including phenoxy) is 1. The number of thiazole rings is 1. The number of aromatic nitrogens is 1. The molecule has 0 saturated heterocycles. The highest BCUT2D eigenvalue weighted by Crippen LogP contribution is 2.36. The molecule has 0 aliphatic carbocycles. The highest BCUT2D eigenvalue weighted by atomic mass is 32.1. The minimum Gasteiger partial charge on any atom is -0.507 e. The van der Waals surface area contributed by atoms with Crippen molar-refractivity contribution in [1.29, 1.82) is 0 Å². The number of nitrogens with one attached hydrogen (secondary N) is 1. The van der Waals surface area contributed by atoms with E-state index in [9.17, 15) is 9.90 Å². The van der Waals surface area contributed by atoms with Gasteiger partial charge in [-0.15, -0.1) is 11.3 Å². The molecule has 3 aromatic carbocycles. The molecule has 0 spiro atoms. The molecule has 2 N–H and O–H groups in total. The molecule has 0 aliphatic heterocycles. The van der Waals surface area contributed by atoms with Crippen LogP contribution in [-0.4, -0.2) is 23.1 Å². The minimum absolute atomic E-state index is 0.0853. The molecule has 29 heavy (non-hydrogen) atoms. The van der Waals surface area contributed by atoms with Gasteiger partial charge in [0, 0.05) is 11.8 Å². The summed E-state index contributed by atoms with van der Waals surface area (Å²) in [6.45, 7) is 1.94. The average molecular weight is 404 g/mol. The Labute approximate surface area is 172 Å². The van der Waals surface area contributed by atoms with E-state index in [4.69, 9.17) is 4.74 Å². The van der Waals surface area contributed by atoms with Gasteiger partial charge >= 0.3 is 0 Å². The first kappa shape index (κ1) is 19.0. The lowest BCUT2D eigenvalue weighted by molar-refractivity contribution is -0.115. The molecule has 0 fully saturated rings. The minimum atomic E-state index is -0.151. The number of phenolic OH excluding ortho intramolecular Hbond substituents is 1. The molecule has 0 atom stereocenters. The summed E-state index contributed by atoms with van der Waals surface area (Å²) in [4.78, 5) is 17.0. The highest BCUT2D eigenvalue weighted by Gasteiger charge is 2.12. The lowest BCUT2D eigenvalue weighted by Crippen LogP contribution is -2.14. The zero-order valence-corrected chi connectivity index (χ0v) is 16.9. The summed E-state index contributed by atoms with van der Waals surface area (Å²) in [5.41, 5.74) is 3.98. The van der Waals surface area contributed by atoms with Gasteiger partial charge in [-0.1, -0.05) is 24.3 Å². The van der Waals surface area contributed by atoms with Gasteiger partial charge in [-0.3, -0.25) is 4.79 Å². The Morgan fingerprint density at radius 1 is 1.14 bits per heavy atom. The summed E-state index contributed by atoms with van der Waals surface area (Å²) < 4.78 is 6.31. The molecule has 1 amide bonds. The zero-order chi connectivity index (χ0) is 20.4. The van der Waals surface area contributed by atoms with Gasteiger partial charge < -0.3 is 15.2 Å². The molecule has 146 valence electrons. The third-order valence-electron chi connectivity index (χ3n) is 4.63. The molecule has 4 rings (SSSR count). The summed E-state index contributed by atoms with van der Waals surface area (Å²) in [5, 5.41) is 14.1.